The fourth-order valence-corrected chi connectivity index (χ4v) is 4.31. The Balaban J connectivity index is 1.84. The third-order valence-corrected chi connectivity index (χ3v) is 7.27. The quantitative estimate of drug-likeness (QED) is 0.696. The van der Waals surface area contributed by atoms with Crippen LogP contribution in [0.3, 0.4) is 0 Å². The molecule has 7 heteroatoms. The van der Waals surface area contributed by atoms with Crippen LogP contribution in [0.5, 0.6) is 0 Å². The number of nitrogens with two attached hydrogens (primary N) is 1. The number of rotatable bonds is 6. The molecule has 0 atom stereocenters. The fourth-order valence-electron chi connectivity index (χ4n) is 2.54. The van der Waals surface area contributed by atoms with Crippen molar-refractivity contribution in [2.24, 2.45) is 0 Å². The van der Waals surface area contributed by atoms with Crippen LogP contribution in [0, 0.1) is 0 Å². The smallest absolute Gasteiger partial charge is 0.180 e. The van der Waals surface area contributed by atoms with Crippen LogP contribution in [0.25, 0.3) is 11.3 Å². The molecule has 0 saturated heterocycles. The average Bonchev–Trinajstić information content (AvgIpc) is 3.14. The van der Waals surface area contributed by atoms with Gasteiger partial charge in [-0.25, -0.2) is 18.4 Å². The standard InChI is InChI=1S/C19H21N3O2S2/c1-13(2)26(23,24)16-8-5-14(6-9-16)18-12-21-19(20)17(22-18)10-7-15-4-3-11-25-15/h3-6,8-9,11-13H,7,10H2,1-2H3,(H2,20,21). The average molecular weight is 388 g/mol. The summed E-state index contributed by atoms with van der Waals surface area (Å²) in [5, 5.41) is 1.60. The molecule has 0 aliphatic heterocycles. The molecule has 0 fully saturated rings. The number of sulfone groups is 1. The predicted octanol–water partition coefficient (Wildman–Crippen LogP) is 3.75. The third kappa shape index (κ3) is 3.94. The minimum Gasteiger partial charge on any atom is -0.382 e. The molecule has 2 heterocycles. The maximum Gasteiger partial charge on any atom is 0.180 e. The van der Waals surface area contributed by atoms with Gasteiger partial charge in [0.25, 0.3) is 0 Å². The van der Waals surface area contributed by atoms with Crippen LogP contribution in [-0.2, 0) is 22.7 Å². The van der Waals surface area contributed by atoms with Crippen molar-refractivity contribution in [2.75, 3.05) is 5.73 Å². The van der Waals surface area contributed by atoms with Gasteiger partial charge < -0.3 is 5.73 Å². The van der Waals surface area contributed by atoms with Crippen molar-refractivity contribution in [3.63, 3.8) is 0 Å². The van der Waals surface area contributed by atoms with E-state index in [-0.39, 0.29) is 0 Å². The number of nitrogen functional groups attached to an aromatic ring is 1. The van der Waals surface area contributed by atoms with Crippen LogP contribution in [0.4, 0.5) is 5.82 Å². The Morgan fingerprint density at radius 2 is 1.85 bits per heavy atom. The minimum atomic E-state index is -3.28. The van der Waals surface area contributed by atoms with Gasteiger partial charge in [0.1, 0.15) is 5.82 Å². The lowest BCUT2D eigenvalue weighted by Crippen LogP contribution is -2.13. The van der Waals surface area contributed by atoms with Gasteiger partial charge in [-0.15, -0.1) is 11.3 Å². The van der Waals surface area contributed by atoms with Gasteiger partial charge in [0.15, 0.2) is 9.84 Å². The van der Waals surface area contributed by atoms with E-state index in [9.17, 15) is 8.42 Å². The molecule has 0 aliphatic rings. The normalized spacial score (nSPS) is 11.8. The van der Waals surface area contributed by atoms with Crippen molar-refractivity contribution in [1.82, 2.24) is 9.97 Å². The minimum absolute atomic E-state index is 0.317. The largest absolute Gasteiger partial charge is 0.382 e. The van der Waals surface area contributed by atoms with Gasteiger partial charge in [-0.3, -0.25) is 0 Å². The van der Waals surface area contributed by atoms with Crippen LogP contribution < -0.4 is 5.73 Å². The zero-order chi connectivity index (χ0) is 18.7. The van der Waals surface area contributed by atoms with Gasteiger partial charge in [-0.05, 0) is 50.3 Å². The van der Waals surface area contributed by atoms with E-state index in [4.69, 9.17) is 5.73 Å². The number of aryl methyl sites for hydroxylation is 2. The molecular weight excluding hydrogens is 366 g/mol. The molecule has 0 saturated carbocycles. The van der Waals surface area contributed by atoms with Crippen molar-refractivity contribution in [2.45, 2.75) is 36.8 Å². The highest BCUT2D eigenvalue weighted by atomic mass is 32.2. The Kier molecular flexibility index (Phi) is 5.38. The molecule has 2 aromatic heterocycles. The lowest BCUT2D eigenvalue weighted by molar-refractivity contribution is 0.587. The van der Waals surface area contributed by atoms with Crippen molar-refractivity contribution in [1.29, 1.82) is 0 Å². The Bertz CT molecular complexity index is 980. The molecule has 0 amide bonds. The van der Waals surface area contributed by atoms with Gasteiger partial charge in [0.2, 0.25) is 0 Å². The highest BCUT2D eigenvalue weighted by molar-refractivity contribution is 7.92. The predicted molar refractivity (Wildman–Crippen MR) is 106 cm³/mol. The van der Waals surface area contributed by atoms with Crippen LogP contribution in [0.1, 0.15) is 24.4 Å². The first-order chi connectivity index (χ1) is 12.4. The molecule has 2 N–H and O–H groups in total. The number of aromatic nitrogens is 2. The second-order valence-electron chi connectivity index (χ2n) is 6.28. The molecule has 3 aromatic rings. The van der Waals surface area contributed by atoms with E-state index in [1.807, 2.05) is 11.4 Å². The van der Waals surface area contributed by atoms with Gasteiger partial charge in [-0.1, -0.05) is 18.2 Å². The Morgan fingerprint density at radius 1 is 1.12 bits per heavy atom. The van der Waals surface area contributed by atoms with E-state index in [1.165, 1.54) is 4.88 Å². The first kappa shape index (κ1) is 18.5. The number of thiophene rings is 1. The Morgan fingerprint density at radius 3 is 2.46 bits per heavy atom. The molecule has 26 heavy (non-hydrogen) atoms. The highest BCUT2D eigenvalue weighted by Crippen LogP contribution is 2.23. The van der Waals surface area contributed by atoms with Gasteiger partial charge >= 0.3 is 0 Å². The number of hydrogen-bond acceptors (Lipinski definition) is 6. The second kappa shape index (κ2) is 7.55. The SMILES string of the molecule is CC(C)S(=O)(=O)c1ccc(-c2cnc(N)c(CCc3cccs3)n2)cc1. The zero-order valence-electron chi connectivity index (χ0n) is 14.7. The molecule has 0 aliphatic carbocycles. The van der Waals surface area contributed by atoms with Crippen molar-refractivity contribution in [3.05, 3.63) is 58.5 Å². The summed E-state index contributed by atoms with van der Waals surface area (Å²) in [6.45, 7) is 3.35. The van der Waals surface area contributed by atoms with Crippen molar-refractivity contribution >= 4 is 27.0 Å². The van der Waals surface area contributed by atoms with E-state index >= 15 is 0 Å². The van der Waals surface area contributed by atoms with E-state index in [1.54, 1.807) is 55.6 Å². The van der Waals surface area contributed by atoms with Crippen molar-refractivity contribution in [3.8, 4) is 11.3 Å². The molecule has 0 unspecified atom stereocenters. The topological polar surface area (TPSA) is 85.9 Å². The number of benzene rings is 1. The molecule has 0 radical (unpaired) electrons. The van der Waals surface area contributed by atoms with E-state index in [0.717, 1.165) is 17.7 Å². The molecule has 136 valence electrons. The lowest BCUT2D eigenvalue weighted by atomic mass is 10.1. The summed E-state index contributed by atoms with van der Waals surface area (Å²) < 4.78 is 24.5. The monoisotopic (exact) mass is 387 g/mol. The van der Waals surface area contributed by atoms with Crippen LogP contribution >= 0.6 is 11.3 Å². The molecular formula is C19H21N3O2S2. The number of anilines is 1. The third-order valence-electron chi connectivity index (χ3n) is 4.16. The van der Waals surface area contributed by atoms with Gasteiger partial charge in [0, 0.05) is 10.4 Å². The second-order valence-corrected chi connectivity index (χ2v) is 9.82. The maximum absolute atomic E-state index is 12.2. The summed E-state index contributed by atoms with van der Waals surface area (Å²) in [4.78, 5) is 10.5. The highest BCUT2D eigenvalue weighted by Gasteiger charge is 2.19. The van der Waals surface area contributed by atoms with Crippen LogP contribution in [-0.4, -0.2) is 23.6 Å². The van der Waals surface area contributed by atoms with Gasteiger partial charge in [0.05, 0.1) is 27.7 Å². The molecule has 0 spiro atoms. The number of hydrogen-bond donors (Lipinski definition) is 1. The molecule has 3 rings (SSSR count). The summed E-state index contributed by atoms with van der Waals surface area (Å²) in [6.07, 6.45) is 3.20. The molecule has 5 nitrogen and oxygen atoms in total. The van der Waals surface area contributed by atoms with E-state index < -0.39 is 15.1 Å². The van der Waals surface area contributed by atoms with Crippen molar-refractivity contribution < 1.29 is 8.42 Å². The first-order valence-corrected chi connectivity index (χ1v) is 10.8. The van der Waals surface area contributed by atoms with E-state index in [2.05, 4.69) is 16.0 Å². The maximum atomic E-state index is 12.2. The van der Waals surface area contributed by atoms with E-state index in [0.29, 0.717) is 22.8 Å². The first-order valence-electron chi connectivity index (χ1n) is 8.36. The summed E-state index contributed by atoms with van der Waals surface area (Å²) >= 11 is 1.71. The summed E-state index contributed by atoms with van der Waals surface area (Å²) in [7, 11) is -3.28. The molecule has 0 bridgehead atoms. The summed E-state index contributed by atoms with van der Waals surface area (Å²) in [5.41, 5.74) is 8.24. The molecule has 1 aromatic carbocycles. The Hall–Kier alpha value is -2.25. The lowest BCUT2D eigenvalue weighted by Gasteiger charge is -2.10. The Labute approximate surface area is 157 Å². The summed E-state index contributed by atoms with van der Waals surface area (Å²) in [5.74, 6) is 0.435. The fraction of sp³-hybridized carbons (Fsp3) is 0.263. The zero-order valence-corrected chi connectivity index (χ0v) is 16.3. The number of nitrogens with zero attached hydrogens (tertiary/aromatic N) is 2. The van der Waals surface area contributed by atoms with Crippen LogP contribution in [0.2, 0.25) is 0 Å². The van der Waals surface area contributed by atoms with Gasteiger partial charge in [-0.2, -0.15) is 0 Å². The summed E-state index contributed by atoms with van der Waals surface area (Å²) in [6, 6.07) is 10.9. The van der Waals surface area contributed by atoms with Crippen LogP contribution in [0.15, 0.2) is 52.9 Å².